The van der Waals surface area contributed by atoms with Crippen molar-refractivity contribution < 1.29 is 13.2 Å². The lowest BCUT2D eigenvalue weighted by atomic mass is 9.98. The van der Waals surface area contributed by atoms with Gasteiger partial charge >= 0.3 is 6.18 Å². The molecular formula is C12H15F3N6. The molecule has 0 spiro atoms. The number of imidazole rings is 1. The lowest BCUT2D eigenvalue weighted by Crippen LogP contribution is -2.34. The Hall–Kier alpha value is -1.90. The van der Waals surface area contributed by atoms with Crippen molar-refractivity contribution in [2.24, 2.45) is 11.7 Å². The molecule has 0 fully saturated rings. The molecule has 0 radical (unpaired) electrons. The fourth-order valence-electron chi connectivity index (χ4n) is 2.61. The molecule has 2 aromatic rings. The first-order valence-corrected chi connectivity index (χ1v) is 6.66. The number of hydrogen-bond acceptors (Lipinski definition) is 4. The van der Waals surface area contributed by atoms with Crippen LogP contribution in [-0.2, 0) is 19.4 Å². The summed E-state index contributed by atoms with van der Waals surface area (Å²) >= 11 is 0. The number of halogens is 3. The molecule has 0 aromatic carbocycles. The van der Waals surface area contributed by atoms with Crippen LogP contribution in [0.25, 0.3) is 0 Å². The zero-order chi connectivity index (χ0) is 15.0. The van der Waals surface area contributed by atoms with Crippen LogP contribution >= 0.6 is 0 Å². The number of aromatic nitrogens is 5. The van der Waals surface area contributed by atoms with Crippen molar-refractivity contribution in [2.45, 2.75) is 38.0 Å². The molecular weight excluding hydrogens is 285 g/mol. The Kier molecular flexibility index (Phi) is 3.44. The first kappa shape index (κ1) is 14.1. The molecule has 1 aliphatic heterocycles. The molecule has 0 aliphatic carbocycles. The van der Waals surface area contributed by atoms with Crippen molar-refractivity contribution in [1.29, 1.82) is 0 Å². The average molecular weight is 300 g/mol. The summed E-state index contributed by atoms with van der Waals surface area (Å²) < 4.78 is 40.2. The molecule has 3 heterocycles. The topological polar surface area (TPSA) is 85.4 Å². The van der Waals surface area contributed by atoms with Gasteiger partial charge in [-0.2, -0.15) is 13.2 Å². The maximum atomic E-state index is 12.9. The van der Waals surface area contributed by atoms with E-state index >= 15 is 0 Å². The first-order chi connectivity index (χ1) is 9.95. The second kappa shape index (κ2) is 5.14. The number of alkyl halides is 3. The first-order valence-electron chi connectivity index (χ1n) is 6.66. The van der Waals surface area contributed by atoms with Gasteiger partial charge in [-0.15, -0.1) is 10.2 Å². The standard InChI is InChI=1S/C12H15F3N6/c13-12(14,15)7-1-2-10-19-20-11(21(10)5-7)9(16)3-8-4-17-6-18-8/h4,6-7,9H,1-3,5,16H2,(H,17,18). The Balaban J connectivity index is 1.81. The second-order valence-electron chi connectivity index (χ2n) is 5.25. The van der Waals surface area contributed by atoms with Gasteiger partial charge in [-0.05, 0) is 6.42 Å². The fraction of sp³-hybridized carbons (Fsp3) is 0.583. The Labute approximate surface area is 118 Å². The van der Waals surface area contributed by atoms with Gasteiger partial charge < -0.3 is 15.3 Å². The van der Waals surface area contributed by atoms with E-state index in [-0.39, 0.29) is 19.4 Å². The fourth-order valence-corrected chi connectivity index (χ4v) is 2.61. The summed E-state index contributed by atoms with van der Waals surface area (Å²) in [5.74, 6) is -0.391. The summed E-state index contributed by atoms with van der Waals surface area (Å²) in [6, 6.07) is -0.515. The van der Waals surface area contributed by atoms with Crippen LogP contribution in [0.5, 0.6) is 0 Å². The zero-order valence-electron chi connectivity index (χ0n) is 11.1. The third-order valence-electron chi connectivity index (χ3n) is 3.76. The van der Waals surface area contributed by atoms with Crippen LogP contribution in [0.1, 0.15) is 29.8 Å². The summed E-state index contributed by atoms with van der Waals surface area (Å²) in [5, 5.41) is 7.94. The zero-order valence-corrected chi connectivity index (χ0v) is 11.1. The maximum Gasteiger partial charge on any atom is 0.393 e. The van der Waals surface area contributed by atoms with E-state index in [1.807, 2.05) is 0 Å². The van der Waals surface area contributed by atoms with Gasteiger partial charge in [-0.1, -0.05) is 0 Å². The SMILES string of the molecule is NC(Cc1cnc[nH]1)c1nnc2n1CC(C(F)(F)F)CC2. The summed E-state index contributed by atoms with van der Waals surface area (Å²) in [5.41, 5.74) is 6.87. The van der Waals surface area contributed by atoms with Crippen LogP contribution in [0.3, 0.4) is 0 Å². The summed E-state index contributed by atoms with van der Waals surface area (Å²) in [6.07, 6.45) is -0.292. The molecule has 0 amide bonds. The number of fused-ring (bicyclic) bond motifs is 1. The number of hydrogen-bond donors (Lipinski definition) is 2. The number of nitrogens with two attached hydrogens (primary N) is 1. The third kappa shape index (κ3) is 2.78. The summed E-state index contributed by atoms with van der Waals surface area (Å²) in [4.78, 5) is 6.80. The van der Waals surface area contributed by atoms with Crippen LogP contribution in [-0.4, -0.2) is 30.9 Å². The number of aryl methyl sites for hydroxylation is 1. The minimum Gasteiger partial charge on any atom is -0.348 e. The number of rotatable bonds is 3. The molecule has 2 unspecified atom stereocenters. The highest BCUT2D eigenvalue weighted by Gasteiger charge is 2.42. The van der Waals surface area contributed by atoms with E-state index in [2.05, 4.69) is 20.2 Å². The molecule has 21 heavy (non-hydrogen) atoms. The number of aromatic amines is 1. The minimum absolute atomic E-state index is 0.0530. The van der Waals surface area contributed by atoms with E-state index in [1.54, 1.807) is 6.20 Å². The maximum absolute atomic E-state index is 12.9. The highest BCUT2D eigenvalue weighted by molar-refractivity contribution is 5.08. The van der Waals surface area contributed by atoms with Crippen molar-refractivity contribution in [3.8, 4) is 0 Å². The number of H-pyrrole nitrogens is 1. The van der Waals surface area contributed by atoms with Crippen molar-refractivity contribution in [1.82, 2.24) is 24.7 Å². The van der Waals surface area contributed by atoms with Crippen LogP contribution in [0.4, 0.5) is 13.2 Å². The lowest BCUT2D eigenvalue weighted by molar-refractivity contribution is -0.182. The monoisotopic (exact) mass is 300 g/mol. The molecule has 0 bridgehead atoms. The van der Waals surface area contributed by atoms with E-state index < -0.39 is 18.1 Å². The van der Waals surface area contributed by atoms with Gasteiger partial charge in [0, 0.05) is 31.3 Å². The van der Waals surface area contributed by atoms with Gasteiger partial charge in [0.1, 0.15) is 11.6 Å². The normalized spacial score (nSPS) is 20.3. The molecule has 9 heteroatoms. The van der Waals surface area contributed by atoms with Crippen LogP contribution in [0, 0.1) is 5.92 Å². The smallest absolute Gasteiger partial charge is 0.348 e. The average Bonchev–Trinajstić information content (AvgIpc) is 3.05. The highest BCUT2D eigenvalue weighted by atomic mass is 19.4. The molecule has 114 valence electrons. The minimum atomic E-state index is -4.20. The number of nitrogens with zero attached hydrogens (tertiary/aromatic N) is 4. The molecule has 3 N–H and O–H groups in total. The van der Waals surface area contributed by atoms with Crippen LogP contribution in [0.15, 0.2) is 12.5 Å². The van der Waals surface area contributed by atoms with E-state index in [1.165, 1.54) is 10.9 Å². The summed E-state index contributed by atoms with van der Waals surface area (Å²) in [6.45, 7) is -0.155. The molecule has 6 nitrogen and oxygen atoms in total. The van der Waals surface area contributed by atoms with Gasteiger partial charge in [0.2, 0.25) is 0 Å². The van der Waals surface area contributed by atoms with Gasteiger partial charge in [-0.3, -0.25) is 0 Å². The Bertz CT molecular complexity index is 603. The highest BCUT2D eigenvalue weighted by Crippen LogP contribution is 2.35. The predicted molar refractivity (Wildman–Crippen MR) is 67.1 cm³/mol. The molecule has 2 aromatic heterocycles. The Morgan fingerprint density at radius 1 is 1.43 bits per heavy atom. The van der Waals surface area contributed by atoms with Gasteiger partial charge in [0.25, 0.3) is 0 Å². The van der Waals surface area contributed by atoms with Crippen molar-refractivity contribution in [3.05, 3.63) is 29.9 Å². The number of nitrogens with one attached hydrogen (secondary N) is 1. The van der Waals surface area contributed by atoms with Crippen molar-refractivity contribution >= 4 is 0 Å². The Morgan fingerprint density at radius 3 is 2.90 bits per heavy atom. The largest absolute Gasteiger partial charge is 0.393 e. The Morgan fingerprint density at radius 2 is 2.24 bits per heavy atom. The molecule has 0 saturated carbocycles. The molecule has 0 saturated heterocycles. The molecule has 3 rings (SSSR count). The second-order valence-corrected chi connectivity index (χ2v) is 5.25. The van der Waals surface area contributed by atoms with Crippen molar-refractivity contribution in [3.63, 3.8) is 0 Å². The third-order valence-corrected chi connectivity index (χ3v) is 3.76. The van der Waals surface area contributed by atoms with E-state index in [9.17, 15) is 13.2 Å². The van der Waals surface area contributed by atoms with E-state index in [4.69, 9.17) is 5.73 Å². The van der Waals surface area contributed by atoms with E-state index in [0.29, 0.717) is 18.1 Å². The van der Waals surface area contributed by atoms with Crippen LogP contribution in [0.2, 0.25) is 0 Å². The van der Waals surface area contributed by atoms with Crippen LogP contribution < -0.4 is 5.73 Å². The lowest BCUT2D eigenvalue weighted by Gasteiger charge is -2.27. The van der Waals surface area contributed by atoms with E-state index in [0.717, 1.165) is 5.69 Å². The predicted octanol–water partition coefficient (Wildman–Crippen LogP) is 1.37. The molecule has 1 aliphatic rings. The van der Waals surface area contributed by atoms with Gasteiger partial charge in [0.15, 0.2) is 0 Å². The van der Waals surface area contributed by atoms with Gasteiger partial charge in [0.05, 0.1) is 18.3 Å². The quantitative estimate of drug-likeness (QED) is 0.896. The van der Waals surface area contributed by atoms with Crippen molar-refractivity contribution in [2.75, 3.05) is 0 Å². The summed E-state index contributed by atoms with van der Waals surface area (Å²) in [7, 11) is 0. The van der Waals surface area contributed by atoms with Gasteiger partial charge in [-0.25, -0.2) is 4.98 Å². The molecule has 2 atom stereocenters.